The van der Waals surface area contributed by atoms with Gasteiger partial charge >= 0.3 is 5.97 Å². The Morgan fingerprint density at radius 1 is 0.690 bits per heavy atom. The number of aryl methyl sites for hydroxylation is 1. The van der Waals surface area contributed by atoms with Gasteiger partial charge in [0.1, 0.15) is 0 Å². The fraction of sp³-hybridized carbons (Fsp3) is 0.741. The van der Waals surface area contributed by atoms with Crippen LogP contribution in [0.25, 0.3) is 0 Å². The van der Waals surface area contributed by atoms with Crippen LogP contribution in [-0.2, 0) is 12.8 Å². The maximum absolute atomic E-state index is 11.5. The predicted molar refractivity (Wildman–Crippen MR) is 126 cm³/mol. The molecule has 0 bridgehead atoms. The quantitative estimate of drug-likeness (QED) is 0.235. The summed E-state index contributed by atoms with van der Waals surface area (Å²) in [4.78, 5) is 11.5. The van der Waals surface area contributed by atoms with Crippen molar-refractivity contribution < 1.29 is 9.90 Å². The van der Waals surface area contributed by atoms with Crippen molar-refractivity contribution in [1.29, 1.82) is 0 Å². The van der Waals surface area contributed by atoms with Crippen molar-refractivity contribution in [3.05, 3.63) is 34.9 Å². The molecule has 0 saturated heterocycles. The van der Waals surface area contributed by atoms with Crippen molar-refractivity contribution in [3.8, 4) is 0 Å². The molecule has 0 aliphatic heterocycles. The van der Waals surface area contributed by atoms with E-state index in [9.17, 15) is 9.90 Å². The Morgan fingerprint density at radius 3 is 1.55 bits per heavy atom. The van der Waals surface area contributed by atoms with Crippen LogP contribution in [0.15, 0.2) is 18.2 Å². The minimum Gasteiger partial charge on any atom is -0.478 e. The van der Waals surface area contributed by atoms with Crippen LogP contribution in [0.1, 0.15) is 138 Å². The lowest BCUT2D eigenvalue weighted by atomic mass is 9.94. The summed E-state index contributed by atoms with van der Waals surface area (Å²) in [7, 11) is 0. The van der Waals surface area contributed by atoms with Gasteiger partial charge in [-0.15, -0.1) is 0 Å². The summed E-state index contributed by atoms with van der Waals surface area (Å²) in [5.41, 5.74) is 2.77. The van der Waals surface area contributed by atoms with Crippen LogP contribution in [0.4, 0.5) is 0 Å². The van der Waals surface area contributed by atoms with Crippen molar-refractivity contribution >= 4 is 5.97 Å². The Bertz CT molecular complexity index is 535. The Kier molecular flexibility index (Phi) is 15.6. The lowest BCUT2D eigenvalue weighted by Gasteiger charge is -2.11. The second kappa shape index (κ2) is 17.5. The molecular weight excluding hydrogens is 356 g/mol. The first-order chi connectivity index (χ1) is 14.2. The minimum absolute atomic E-state index is 0.505. The Balaban J connectivity index is 1.98. The average Bonchev–Trinajstić information content (AvgIpc) is 2.73. The van der Waals surface area contributed by atoms with E-state index in [0.29, 0.717) is 5.56 Å². The standard InChI is InChI=1S/C27H46O2/c1-3-5-6-7-8-9-10-11-12-13-14-15-16-17-18-19-22-25-24(4-2)21-20-23-26(25)27(28)29/h20-21,23H,3-19,22H2,1-2H3,(H,28,29). The van der Waals surface area contributed by atoms with E-state index in [2.05, 4.69) is 19.9 Å². The van der Waals surface area contributed by atoms with Gasteiger partial charge in [-0.1, -0.05) is 122 Å². The Labute approximate surface area is 180 Å². The summed E-state index contributed by atoms with van der Waals surface area (Å²) < 4.78 is 0. The van der Waals surface area contributed by atoms with Crippen LogP contribution < -0.4 is 0 Å². The third-order valence-electron chi connectivity index (χ3n) is 6.16. The van der Waals surface area contributed by atoms with Crippen molar-refractivity contribution in [1.82, 2.24) is 0 Å². The fourth-order valence-electron chi connectivity index (χ4n) is 4.31. The lowest BCUT2D eigenvalue weighted by molar-refractivity contribution is 0.0695. The number of benzene rings is 1. The molecule has 0 spiro atoms. The van der Waals surface area contributed by atoms with Crippen LogP contribution in [0.5, 0.6) is 0 Å². The van der Waals surface area contributed by atoms with E-state index < -0.39 is 5.97 Å². The van der Waals surface area contributed by atoms with Crippen molar-refractivity contribution in [3.63, 3.8) is 0 Å². The van der Waals surface area contributed by atoms with Gasteiger partial charge in [0.15, 0.2) is 0 Å². The summed E-state index contributed by atoms with van der Waals surface area (Å²) in [6.45, 7) is 4.39. The summed E-state index contributed by atoms with van der Waals surface area (Å²) in [6, 6.07) is 5.71. The van der Waals surface area contributed by atoms with Gasteiger partial charge in [-0.25, -0.2) is 4.79 Å². The molecule has 0 aliphatic carbocycles. The zero-order chi connectivity index (χ0) is 21.2. The third-order valence-corrected chi connectivity index (χ3v) is 6.16. The topological polar surface area (TPSA) is 37.3 Å². The molecule has 0 heterocycles. The number of unbranched alkanes of at least 4 members (excludes halogenated alkanes) is 15. The van der Waals surface area contributed by atoms with E-state index in [1.807, 2.05) is 6.07 Å². The highest BCUT2D eigenvalue weighted by molar-refractivity contribution is 5.89. The molecule has 0 radical (unpaired) electrons. The molecule has 0 aromatic heterocycles. The average molecular weight is 403 g/mol. The molecular formula is C27H46O2. The molecule has 166 valence electrons. The highest BCUT2D eigenvalue weighted by Gasteiger charge is 2.12. The van der Waals surface area contributed by atoms with Gasteiger partial charge in [-0.05, 0) is 36.5 Å². The highest BCUT2D eigenvalue weighted by atomic mass is 16.4. The van der Waals surface area contributed by atoms with E-state index in [1.54, 1.807) is 6.07 Å². The molecule has 0 fully saturated rings. The van der Waals surface area contributed by atoms with E-state index in [1.165, 1.54) is 102 Å². The first-order valence-electron chi connectivity index (χ1n) is 12.5. The number of aromatic carboxylic acids is 1. The first-order valence-corrected chi connectivity index (χ1v) is 12.5. The molecule has 2 nitrogen and oxygen atoms in total. The van der Waals surface area contributed by atoms with Crippen LogP contribution in [0.2, 0.25) is 0 Å². The number of hydrogen-bond acceptors (Lipinski definition) is 1. The molecule has 29 heavy (non-hydrogen) atoms. The normalized spacial score (nSPS) is 11.1. The molecule has 0 amide bonds. The molecule has 2 heteroatoms. The highest BCUT2D eigenvalue weighted by Crippen LogP contribution is 2.20. The maximum Gasteiger partial charge on any atom is 0.335 e. The van der Waals surface area contributed by atoms with Crippen molar-refractivity contribution in [2.24, 2.45) is 0 Å². The zero-order valence-electron chi connectivity index (χ0n) is 19.3. The van der Waals surface area contributed by atoms with Gasteiger partial charge in [0.2, 0.25) is 0 Å². The minimum atomic E-state index is -0.785. The Morgan fingerprint density at radius 2 is 1.14 bits per heavy atom. The van der Waals surface area contributed by atoms with Crippen molar-refractivity contribution in [2.75, 3.05) is 0 Å². The Hall–Kier alpha value is -1.31. The van der Waals surface area contributed by atoms with Gasteiger partial charge in [-0.2, -0.15) is 0 Å². The zero-order valence-corrected chi connectivity index (χ0v) is 19.3. The predicted octanol–water partition coefficient (Wildman–Crippen LogP) is 8.75. The van der Waals surface area contributed by atoms with Gasteiger partial charge in [0.05, 0.1) is 5.56 Å². The second-order valence-corrected chi connectivity index (χ2v) is 8.66. The second-order valence-electron chi connectivity index (χ2n) is 8.66. The summed E-state index contributed by atoms with van der Waals surface area (Å²) in [5.74, 6) is -0.785. The molecule has 1 aromatic carbocycles. The smallest absolute Gasteiger partial charge is 0.335 e. The van der Waals surface area contributed by atoms with Crippen LogP contribution in [0, 0.1) is 0 Å². The summed E-state index contributed by atoms with van der Waals surface area (Å²) >= 11 is 0. The number of carboxylic acids is 1. The van der Waals surface area contributed by atoms with E-state index in [0.717, 1.165) is 24.8 Å². The van der Waals surface area contributed by atoms with Crippen LogP contribution in [0.3, 0.4) is 0 Å². The van der Waals surface area contributed by atoms with E-state index in [4.69, 9.17) is 0 Å². The van der Waals surface area contributed by atoms with Gasteiger partial charge < -0.3 is 5.11 Å². The fourth-order valence-corrected chi connectivity index (χ4v) is 4.31. The number of hydrogen-bond donors (Lipinski definition) is 1. The molecule has 0 unspecified atom stereocenters. The third kappa shape index (κ3) is 12.1. The molecule has 1 N–H and O–H groups in total. The maximum atomic E-state index is 11.5. The number of carbonyl (C=O) groups is 1. The largest absolute Gasteiger partial charge is 0.478 e. The van der Waals surface area contributed by atoms with Gasteiger partial charge in [-0.3, -0.25) is 0 Å². The van der Waals surface area contributed by atoms with Crippen molar-refractivity contribution in [2.45, 2.75) is 129 Å². The van der Waals surface area contributed by atoms with E-state index in [-0.39, 0.29) is 0 Å². The molecule has 1 rings (SSSR count). The van der Waals surface area contributed by atoms with Crippen LogP contribution >= 0.6 is 0 Å². The van der Waals surface area contributed by atoms with Gasteiger partial charge in [0, 0.05) is 0 Å². The van der Waals surface area contributed by atoms with Gasteiger partial charge in [0.25, 0.3) is 0 Å². The molecule has 0 atom stereocenters. The number of rotatable bonds is 19. The first kappa shape index (κ1) is 25.7. The monoisotopic (exact) mass is 402 g/mol. The summed E-state index contributed by atoms with van der Waals surface area (Å²) in [6.07, 6.45) is 23.7. The lowest BCUT2D eigenvalue weighted by Crippen LogP contribution is -2.06. The summed E-state index contributed by atoms with van der Waals surface area (Å²) in [5, 5.41) is 9.42. The SMILES string of the molecule is CCCCCCCCCCCCCCCCCCc1c(CC)cccc1C(=O)O. The molecule has 1 aromatic rings. The van der Waals surface area contributed by atoms with E-state index >= 15 is 0 Å². The number of carboxylic acid groups (broad SMARTS) is 1. The molecule has 0 aliphatic rings. The van der Waals surface area contributed by atoms with Crippen LogP contribution in [-0.4, -0.2) is 11.1 Å². The molecule has 0 saturated carbocycles.